The van der Waals surface area contributed by atoms with Crippen LogP contribution in [0.3, 0.4) is 0 Å². The van der Waals surface area contributed by atoms with Gasteiger partial charge in [-0.15, -0.1) is 0 Å². The van der Waals surface area contributed by atoms with E-state index in [1.54, 1.807) is 24.7 Å². The summed E-state index contributed by atoms with van der Waals surface area (Å²) in [5.74, 6) is 0.0778. The molecule has 1 aromatic heterocycles. The van der Waals surface area contributed by atoms with E-state index < -0.39 is 0 Å². The van der Waals surface area contributed by atoms with Crippen molar-refractivity contribution in [1.82, 2.24) is 9.55 Å². The summed E-state index contributed by atoms with van der Waals surface area (Å²) < 4.78 is 1.88. The highest BCUT2D eigenvalue weighted by atomic mass is 35.5. The van der Waals surface area contributed by atoms with Gasteiger partial charge in [0.25, 0.3) is 0 Å². The molecule has 2 rings (SSSR count). The summed E-state index contributed by atoms with van der Waals surface area (Å²) in [5.41, 5.74) is 0.857. The van der Waals surface area contributed by atoms with Crippen molar-refractivity contribution in [2.45, 2.75) is 38.6 Å². The van der Waals surface area contributed by atoms with E-state index in [-0.39, 0.29) is 11.8 Å². The van der Waals surface area contributed by atoms with Crippen LogP contribution in [0.1, 0.15) is 44.2 Å². The van der Waals surface area contributed by atoms with Crippen LogP contribution in [0.25, 0.3) is 6.08 Å². The molecule has 2 aromatic rings. The number of benzene rings is 1. The summed E-state index contributed by atoms with van der Waals surface area (Å²) >= 11 is 6.11. The van der Waals surface area contributed by atoms with Crippen LogP contribution in [0, 0.1) is 0 Å². The number of halogens is 1. The number of carbonyl (C=O) groups is 1. The van der Waals surface area contributed by atoms with Crippen LogP contribution < -0.4 is 0 Å². The van der Waals surface area contributed by atoms with Crippen molar-refractivity contribution >= 4 is 23.5 Å². The summed E-state index contributed by atoms with van der Waals surface area (Å²) in [6.45, 7) is 2.16. The number of imidazole rings is 1. The number of rotatable bonds is 8. The summed E-state index contributed by atoms with van der Waals surface area (Å²) in [4.78, 5) is 16.6. The molecule has 0 bridgehead atoms. The molecule has 4 heteroatoms. The lowest BCUT2D eigenvalue weighted by Crippen LogP contribution is -2.16. The Hall–Kier alpha value is -1.87. The average Bonchev–Trinajstić information content (AvgIpc) is 3.04. The minimum Gasteiger partial charge on any atom is -0.327 e. The first kappa shape index (κ1) is 16.5. The third-order valence-electron chi connectivity index (χ3n) is 3.63. The highest BCUT2D eigenvalue weighted by Crippen LogP contribution is 2.20. The summed E-state index contributed by atoms with van der Waals surface area (Å²) in [6.07, 6.45) is 12.8. The molecule has 0 aliphatic rings. The molecule has 0 radical (unpaired) electrons. The van der Waals surface area contributed by atoms with E-state index in [2.05, 4.69) is 11.9 Å². The van der Waals surface area contributed by atoms with E-state index in [4.69, 9.17) is 11.6 Å². The molecule has 1 atom stereocenters. The Morgan fingerprint density at radius 3 is 2.86 bits per heavy atom. The predicted octanol–water partition coefficient (Wildman–Crippen LogP) is 4.94. The second kappa shape index (κ2) is 8.54. The van der Waals surface area contributed by atoms with Crippen LogP contribution >= 0.6 is 11.6 Å². The van der Waals surface area contributed by atoms with Crippen LogP contribution in [0.15, 0.2) is 49.1 Å². The number of allylic oxidation sites excluding steroid dienone is 1. The highest BCUT2D eigenvalue weighted by molar-refractivity contribution is 6.32. The first-order chi connectivity index (χ1) is 10.7. The zero-order chi connectivity index (χ0) is 15.8. The van der Waals surface area contributed by atoms with Gasteiger partial charge in [0.05, 0.1) is 12.4 Å². The fourth-order valence-corrected chi connectivity index (χ4v) is 2.57. The number of aromatic nitrogens is 2. The van der Waals surface area contributed by atoms with Gasteiger partial charge >= 0.3 is 0 Å². The van der Waals surface area contributed by atoms with Crippen LogP contribution in [0.4, 0.5) is 0 Å². The van der Waals surface area contributed by atoms with Crippen molar-refractivity contribution < 1.29 is 4.79 Å². The first-order valence-electron chi connectivity index (χ1n) is 7.66. The third kappa shape index (κ3) is 4.57. The van der Waals surface area contributed by atoms with Crippen LogP contribution in [0.5, 0.6) is 0 Å². The van der Waals surface area contributed by atoms with Gasteiger partial charge in [0.2, 0.25) is 0 Å². The molecular formula is C18H21ClN2O. The van der Waals surface area contributed by atoms with Crippen LogP contribution in [0.2, 0.25) is 5.02 Å². The van der Waals surface area contributed by atoms with E-state index >= 15 is 0 Å². The van der Waals surface area contributed by atoms with E-state index in [1.165, 1.54) is 0 Å². The molecule has 0 aliphatic carbocycles. The number of unbranched alkanes of at least 4 members (excludes halogenated alkanes) is 2. The molecule has 1 heterocycles. The highest BCUT2D eigenvalue weighted by Gasteiger charge is 2.17. The molecule has 1 unspecified atom stereocenters. The van der Waals surface area contributed by atoms with Gasteiger partial charge in [-0.3, -0.25) is 4.79 Å². The van der Waals surface area contributed by atoms with E-state index in [1.807, 2.05) is 35.0 Å². The second-order valence-corrected chi connectivity index (χ2v) is 5.69. The number of hydrogen-bond acceptors (Lipinski definition) is 2. The fraction of sp³-hybridized carbons (Fsp3) is 0.333. The number of carbonyl (C=O) groups excluding carboxylic acids is 1. The lowest BCUT2D eigenvalue weighted by Gasteiger charge is -2.15. The van der Waals surface area contributed by atoms with Crippen LogP contribution in [-0.4, -0.2) is 15.3 Å². The quantitative estimate of drug-likeness (QED) is 0.510. The van der Waals surface area contributed by atoms with Crippen molar-refractivity contribution in [1.29, 1.82) is 0 Å². The summed E-state index contributed by atoms with van der Waals surface area (Å²) in [6, 6.07) is 7.31. The molecule has 1 aromatic carbocycles. The van der Waals surface area contributed by atoms with Gasteiger partial charge in [-0.2, -0.15) is 0 Å². The number of ketones is 1. The lowest BCUT2D eigenvalue weighted by molar-refractivity contribution is -0.117. The van der Waals surface area contributed by atoms with E-state index in [0.29, 0.717) is 5.02 Å². The number of hydrogen-bond donors (Lipinski definition) is 0. The molecule has 22 heavy (non-hydrogen) atoms. The molecule has 0 aliphatic heterocycles. The Kier molecular flexibility index (Phi) is 6.41. The van der Waals surface area contributed by atoms with Crippen molar-refractivity contribution in [3.05, 3.63) is 59.6 Å². The second-order valence-electron chi connectivity index (χ2n) is 5.28. The standard InChI is InChI=1S/C18H21ClN2O/c1-2-3-4-9-17(21-13-12-20-14-21)18(22)11-10-15-7-5-6-8-16(15)19/h5-8,10-14,17H,2-4,9H2,1H3. The maximum atomic E-state index is 12.5. The first-order valence-corrected chi connectivity index (χ1v) is 8.04. The van der Waals surface area contributed by atoms with E-state index in [9.17, 15) is 4.79 Å². The molecule has 0 saturated heterocycles. The van der Waals surface area contributed by atoms with Crippen LogP contribution in [-0.2, 0) is 4.79 Å². The maximum Gasteiger partial charge on any atom is 0.178 e. The zero-order valence-electron chi connectivity index (χ0n) is 12.8. The van der Waals surface area contributed by atoms with Crippen molar-refractivity contribution in [3.8, 4) is 0 Å². The maximum absolute atomic E-state index is 12.5. The Labute approximate surface area is 136 Å². The smallest absolute Gasteiger partial charge is 0.178 e. The minimum absolute atomic E-state index is 0.0778. The van der Waals surface area contributed by atoms with Gasteiger partial charge in [-0.05, 0) is 30.2 Å². The Balaban J connectivity index is 2.10. The molecule has 0 amide bonds. The van der Waals surface area contributed by atoms with Crippen molar-refractivity contribution in [2.75, 3.05) is 0 Å². The van der Waals surface area contributed by atoms with Gasteiger partial charge < -0.3 is 4.57 Å². The van der Waals surface area contributed by atoms with Crippen molar-refractivity contribution in [3.63, 3.8) is 0 Å². The SMILES string of the molecule is CCCCCC(C(=O)C=Cc1ccccc1Cl)n1ccnc1. The normalized spacial score (nSPS) is 12.6. The zero-order valence-corrected chi connectivity index (χ0v) is 13.5. The van der Waals surface area contributed by atoms with Gasteiger partial charge in [-0.25, -0.2) is 4.98 Å². The lowest BCUT2D eigenvalue weighted by atomic mass is 10.0. The largest absolute Gasteiger partial charge is 0.327 e. The molecule has 0 fully saturated rings. The van der Waals surface area contributed by atoms with E-state index in [0.717, 1.165) is 31.2 Å². The predicted molar refractivity (Wildman–Crippen MR) is 90.9 cm³/mol. The Bertz CT molecular complexity index is 620. The Morgan fingerprint density at radius 1 is 1.36 bits per heavy atom. The summed E-state index contributed by atoms with van der Waals surface area (Å²) in [7, 11) is 0. The molecular weight excluding hydrogens is 296 g/mol. The van der Waals surface area contributed by atoms with Gasteiger partial charge in [0, 0.05) is 17.4 Å². The minimum atomic E-state index is -0.187. The monoisotopic (exact) mass is 316 g/mol. The summed E-state index contributed by atoms with van der Waals surface area (Å²) in [5, 5.41) is 0.650. The molecule has 0 spiro atoms. The fourth-order valence-electron chi connectivity index (χ4n) is 2.37. The Morgan fingerprint density at radius 2 is 2.18 bits per heavy atom. The van der Waals surface area contributed by atoms with Gasteiger partial charge in [0.1, 0.15) is 0 Å². The van der Waals surface area contributed by atoms with Crippen molar-refractivity contribution in [2.24, 2.45) is 0 Å². The molecule has 3 nitrogen and oxygen atoms in total. The molecule has 116 valence electrons. The molecule has 0 N–H and O–H groups in total. The topological polar surface area (TPSA) is 34.9 Å². The number of nitrogens with zero attached hydrogens (tertiary/aromatic N) is 2. The van der Waals surface area contributed by atoms with Gasteiger partial charge in [0.15, 0.2) is 5.78 Å². The third-order valence-corrected chi connectivity index (χ3v) is 3.97. The molecule has 0 saturated carbocycles. The van der Waals surface area contributed by atoms with Gasteiger partial charge in [-0.1, -0.05) is 56.0 Å². The average molecular weight is 317 g/mol.